The SMILES string of the molecule is CC(C)(C)OC(=O)N1C[C@H](C(F)F)C[C@H]1C(=O)OCc1ccccc1. The third-order valence-electron chi connectivity index (χ3n) is 3.81. The summed E-state index contributed by atoms with van der Waals surface area (Å²) in [6.45, 7) is 4.83. The van der Waals surface area contributed by atoms with Gasteiger partial charge in [0.2, 0.25) is 6.43 Å². The van der Waals surface area contributed by atoms with Crippen molar-refractivity contribution in [3.05, 3.63) is 35.9 Å². The molecule has 138 valence electrons. The highest BCUT2D eigenvalue weighted by Gasteiger charge is 2.45. The molecule has 1 amide bonds. The fraction of sp³-hybridized carbons (Fsp3) is 0.556. The van der Waals surface area contributed by atoms with Crippen LogP contribution in [0.25, 0.3) is 0 Å². The molecule has 1 aliphatic rings. The van der Waals surface area contributed by atoms with E-state index in [1.54, 1.807) is 45.0 Å². The fourth-order valence-corrected chi connectivity index (χ4v) is 2.62. The Morgan fingerprint density at radius 2 is 1.88 bits per heavy atom. The first kappa shape index (κ1) is 19.1. The number of carbonyl (C=O) groups excluding carboxylic acids is 2. The molecule has 7 heteroatoms. The summed E-state index contributed by atoms with van der Waals surface area (Å²) in [6.07, 6.45) is -3.53. The molecule has 0 spiro atoms. The average molecular weight is 355 g/mol. The molecule has 0 N–H and O–H groups in total. The zero-order valence-corrected chi connectivity index (χ0v) is 14.6. The average Bonchev–Trinajstić information content (AvgIpc) is 2.98. The quantitative estimate of drug-likeness (QED) is 0.774. The van der Waals surface area contributed by atoms with Crippen LogP contribution in [0.3, 0.4) is 0 Å². The summed E-state index contributed by atoms with van der Waals surface area (Å²) < 4.78 is 36.6. The van der Waals surface area contributed by atoms with E-state index in [-0.39, 0.29) is 19.6 Å². The number of hydrogen-bond donors (Lipinski definition) is 0. The van der Waals surface area contributed by atoms with Crippen molar-refractivity contribution in [2.45, 2.75) is 51.9 Å². The van der Waals surface area contributed by atoms with Crippen LogP contribution in [0, 0.1) is 5.92 Å². The predicted molar refractivity (Wildman–Crippen MR) is 87.1 cm³/mol. The number of halogens is 2. The van der Waals surface area contributed by atoms with Crippen LogP contribution < -0.4 is 0 Å². The van der Waals surface area contributed by atoms with Gasteiger partial charge in [0, 0.05) is 12.5 Å². The lowest BCUT2D eigenvalue weighted by Crippen LogP contribution is -2.44. The normalized spacial score (nSPS) is 20.6. The van der Waals surface area contributed by atoms with Crippen molar-refractivity contribution in [1.29, 1.82) is 0 Å². The highest BCUT2D eigenvalue weighted by molar-refractivity contribution is 5.82. The van der Waals surface area contributed by atoms with Crippen LogP contribution >= 0.6 is 0 Å². The first-order valence-electron chi connectivity index (χ1n) is 8.15. The van der Waals surface area contributed by atoms with E-state index in [0.29, 0.717) is 0 Å². The molecule has 5 nitrogen and oxygen atoms in total. The Morgan fingerprint density at radius 1 is 1.24 bits per heavy atom. The molecule has 0 aliphatic carbocycles. The molecule has 1 aromatic rings. The van der Waals surface area contributed by atoms with E-state index in [2.05, 4.69) is 0 Å². The van der Waals surface area contributed by atoms with Gasteiger partial charge in [0.15, 0.2) is 0 Å². The number of esters is 1. The number of ether oxygens (including phenoxy) is 2. The highest BCUT2D eigenvalue weighted by Crippen LogP contribution is 2.30. The molecule has 1 aliphatic heterocycles. The van der Waals surface area contributed by atoms with E-state index in [1.807, 2.05) is 6.07 Å². The number of rotatable bonds is 4. The van der Waals surface area contributed by atoms with E-state index >= 15 is 0 Å². The summed E-state index contributed by atoms with van der Waals surface area (Å²) in [6, 6.07) is 7.96. The van der Waals surface area contributed by atoms with Gasteiger partial charge in [-0.25, -0.2) is 18.4 Å². The first-order chi connectivity index (χ1) is 11.7. The number of hydrogen-bond acceptors (Lipinski definition) is 4. The third kappa shape index (κ3) is 5.41. The minimum Gasteiger partial charge on any atom is -0.459 e. The molecule has 0 unspecified atom stereocenters. The van der Waals surface area contributed by atoms with Crippen molar-refractivity contribution in [2.24, 2.45) is 5.92 Å². The molecule has 1 fully saturated rings. The number of amides is 1. The molecule has 25 heavy (non-hydrogen) atoms. The largest absolute Gasteiger partial charge is 0.459 e. The molecule has 0 saturated carbocycles. The second-order valence-corrected chi connectivity index (χ2v) is 7.07. The van der Waals surface area contributed by atoms with E-state index in [0.717, 1.165) is 10.5 Å². The second kappa shape index (κ2) is 7.80. The van der Waals surface area contributed by atoms with Gasteiger partial charge in [0.1, 0.15) is 18.2 Å². The van der Waals surface area contributed by atoms with Gasteiger partial charge in [-0.05, 0) is 32.8 Å². The van der Waals surface area contributed by atoms with Crippen molar-refractivity contribution in [1.82, 2.24) is 4.90 Å². The van der Waals surface area contributed by atoms with Crippen LogP contribution in [0.4, 0.5) is 13.6 Å². The molecule has 1 saturated heterocycles. The van der Waals surface area contributed by atoms with E-state index in [4.69, 9.17) is 9.47 Å². The lowest BCUT2D eigenvalue weighted by molar-refractivity contribution is -0.150. The van der Waals surface area contributed by atoms with Crippen LogP contribution in [-0.4, -0.2) is 41.6 Å². The van der Waals surface area contributed by atoms with E-state index in [1.165, 1.54) is 0 Å². The zero-order chi connectivity index (χ0) is 18.6. The first-order valence-corrected chi connectivity index (χ1v) is 8.15. The van der Waals surface area contributed by atoms with Gasteiger partial charge in [-0.1, -0.05) is 30.3 Å². The van der Waals surface area contributed by atoms with Gasteiger partial charge in [-0.2, -0.15) is 0 Å². The van der Waals surface area contributed by atoms with Crippen LogP contribution in [0.2, 0.25) is 0 Å². The van der Waals surface area contributed by atoms with Gasteiger partial charge in [0.05, 0.1) is 0 Å². The maximum absolute atomic E-state index is 13.1. The van der Waals surface area contributed by atoms with Crippen molar-refractivity contribution in [3.8, 4) is 0 Å². The van der Waals surface area contributed by atoms with Gasteiger partial charge < -0.3 is 9.47 Å². The summed E-state index contributed by atoms with van der Waals surface area (Å²) in [5, 5.41) is 0. The number of likely N-dealkylation sites (tertiary alicyclic amines) is 1. The van der Waals surface area contributed by atoms with Crippen LogP contribution in [0.1, 0.15) is 32.8 Å². The lowest BCUT2D eigenvalue weighted by atomic mass is 10.1. The van der Waals surface area contributed by atoms with Gasteiger partial charge in [-0.15, -0.1) is 0 Å². The highest BCUT2D eigenvalue weighted by atomic mass is 19.3. The molecular weight excluding hydrogens is 332 g/mol. The summed E-state index contributed by atoms with van der Waals surface area (Å²) in [5.41, 5.74) is 0.00135. The Hall–Kier alpha value is -2.18. The van der Waals surface area contributed by atoms with Crippen LogP contribution in [-0.2, 0) is 20.9 Å². The van der Waals surface area contributed by atoms with E-state index < -0.39 is 36.0 Å². The Morgan fingerprint density at radius 3 is 2.44 bits per heavy atom. The zero-order valence-electron chi connectivity index (χ0n) is 14.6. The number of carbonyl (C=O) groups is 2. The minimum absolute atomic E-state index is 0.0255. The molecule has 0 bridgehead atoms. The standard InChI is InChI=1S/C18H23F2NO4/c1-18(2,3)25-17(23)21-10-13(15(19)20)9-14(21)16(22)24-11-12-7-5-4-6-8-12/h4-8,13-15H,9-11H2,1-3H3/t13-,14+/m1/s1. The predicted octanol–water partition coefficient (Wildman–Crippen LogP) is 3.62. The van der Waals surface area contributed by atoms with Crippen LogP contribution in [0.15, 0.2) is 30.3 Å². The summed E-state index contributed by atoms with van der Waals surface area (Å²) in [5.74, 6) is -1.76. The molecule has 2 rings (SSSR count). The van der Waals surface area contributed by atoms with Crippen molar-refractivity contribution >= 4 is 12.1 Å². The fourth-order valence-electron chi connectivity index (χ4n) is 2.62. The van der Waals surface area contributed by atoms with Gasteiger partial charge in [-0.3, -0.25) is 4.90 Å². The molecule has 1 aromatic carbocycles. The molecule has 2 atom stereocenters. The van der Waals surface area contributed by atoms with Crippen molar-refractivity contribution < 1.29 is 27.8 Å². The second-order valence-electron chi connectivity index (χ2n) is 7.07. The minimum atomic E-state index is -2.61. The number of alkyl halides is 2. The summed E-state index contributed by atoms with van der Waals surface area (Å²) in [4.78, 5) is 25.7. The molecular formula is C18H23F2NO4. The van der Waals surface area contributed by atoms with Crippen molar-refractivity contribution in [3.63, 3.8) is 0 Å². The number of nitrogens with zero attached hydrogens (tertiary/aromatic N) is 1. The van der Waals surface area contributed by atoms with E-state index in [9.17, 15) is 18.4 Å². The maximum atomic E-state index is 13.1. The van der Waals surface area contributed by atoms with Crippen molar-refractivity contribution in [2.75, 3.05) is 6.54 Å². The topological polar surface area (TPSA) is 55.8 Å². The Bertz CT molecular complexity index is 601. The third-order valence-corrected chi connectivity index (χ3v) is 3.81. The monoisotopic (exact) mass is 355 g/mol. The summed E-state index contributed by atoms with van der Waals surface area (Å²) in [7, 11) is 0. The van der Waals surface area contributed by atoms with Gasteiger partial charge >= 0.3 is 12.1 Å². The summed E-state index contributed by atoms with van der Waals surface area (Å²) >= 11 is 0. The molecule has 0 aromatic heterocycles. The Kier molecular flexibility index (Phi) is 5.98. The van der Waals surface area contributed by atoms with Crippen LogP contribution in [0.5, 0.6) is 0 Å². The lowest BCUT2D eigenvalue weighted by Gasteiger charge is -2.27. The Balaban J connectivity index is 2.05. The number of benzene rings is 1. The molecule has 1 heterocycles. The van der Waals surface area contributed by atoms with Gasteiger partial charge in [0.25, 0.3) is 0 Å². The smallest absolute Gasteiger partial charge is 0.411 e. The Labute approximate surface area is 145 Å². The molecule has 0 radical (unpaired) electrons. The maximum Gasteiger partial charge on any atom is 0.411 e.